The van der Waals surface area contributed by atoms with Gasteiger partial charge < -0.3 is 4.57 Å². The Labute approximate surface area is 200 Å². The number of hydrogen-bond donors (Lipinski definition) is 0. The van der Waals surface area contributed by atoms with Crippen molar-refractivity contribution in [2.75, 3.05) is 0 Å². The molecule has 3 nitrogen and oxygen atoms in total. The minimum Gasteiger partial charge on any atom is -0.346 e. The van der Waals surface area contributed by atoms with Crippen molar-refractivity contribution in [2.45, 2.75) is 86.0 Å². The summed E-state index contributed by atoms with van der Waals surface area (Å²) >= 11 is 0. The topological polar surface area (TPSA) is 26.9 Å². The third-order valence-electron chi connectivity index (χ3n) is 7.17. The fraction of sp³-hybridized carbons (Fsp3) is 0.567. The Bertz CT molecular complexity index is 1120. The number of aromatic nitrogens is 2. The molecular formula is C30H42N2O. The average molecular weight is 447 g/mol. The molecule has 0 bridgehead atoms. The van der Waals surface area contributed by atoms with Gasteiger partial charge in [0.2, 0.25) is 0 Å². The summed E-state index contributed by atoms with van der Waals surface area (Å²) in [5.41, 5.74) is 5.08. The second kappa shape index (κ2) is 8.81. The fourth-order valence-electron chi connectivity index (χ4n) is 5.81. The Kier molecular flexibility index (Phi) is 6.37. The second-order valence-electron chi connectivity index (χ2n) is 12.9. The summed E-state index contributed by atoms with van der Waals surface area (Å²) in [5, 5.41) is 1.14. The lowest BCUT2D eigenvalue weighted by atomic mass is 9.73. The van der Waals surface area contributed by atoms with Crippen molar-refractivity contribution >= 4 is 16.8 Å². The Balaban J connectivity index is 1.50. The molecule has 0 aliphatic heterocycles. The smallest absolute Gasteiger partial charge is 0.278 e. The Morgan fingerprint density at radius 3 is 2.27 bits per heavy atom. The first-order valence-corrected chi connectivity index (χ1v) is 12.7. The van der Waals surface area contributed by atoms with E-state index in [1.54, 1.807) is 0 Å². The van der Waals surface area contributed by atoms with E-state index >= 15 is 0 Å². The third kappa shape index (κ3) is 5.62. The molecule has 0 N–H and O–H groups in total. The van der Waals surface area contributed by atoms with Gasteiger partial charge in [0.15, 0.2) is 0 Å². The van der Waals surface area contributed by atoms with Crippen molar-refractivity contribution in [1.29, 1.82) is 0 Å². The van der Waals surface area contributed by atoms with Gasteiger partial charge in [0.05, 0.1) is 5.52 Å². The van der Waals surface area contributed by atoms with Gasteiger partial charge in [-0.25, -0.2) is 0 Å². The maximum Gasteiger partial charge on any atom is 0.278 e. The molecule has 3 aromatic rings. The summed E-state index contributed by atoms with van der Waals surface area (Å²) in [6.07, 6.45) is 11.5. The molecule has 0 atom stereocenters. The van der Waals surface area contributed by atoms with Crippen LogP contribution in [0.1, 0.15) is 101 Å². The highest BCUT2D eigenvalue weighted by Crippen LogP contribution is 2.40. The molecule has 0 unspecified atom stereocenters. The van der Waals surface area contributed by atoms with E-state index in [1.807, 2.05) is 22.4 Å². The van der Waals surface area contributed by atoms with Crippen molar-refractivity contribution in [3.8, 4) is 0 Å². The minimum absolute atomic E-state index is 0.0590. The van der Waals surface area contributed by atoms with Crippen LogP contribution >= 0.6 is 0 Å². The van der Waals surface area contributed by atoms with E-state index in [9.17, 15) is 4.79 Å². The van der Waals surface area contributed by atoms with Crippen LogP contribution in [-0.4, -0.2) is 15.0 Å². The van der Waals surface area contributed by atoms with E-state index in [4.69, 9.17) is 0 Å². The molecule has 0 saturated heterocycles. The molecule has 0 spiro atoms. The molecule has 1 aliphatic carbocycles. The lowest BCUT2D eigenvalue weighted by Crippen LogP contribution is -2.18. The molecule has 3 heteroatoms. The van der Waals surface area contributed by atoms with Gasteiger partial charge in [-0.2, -0.15) is 0 Å². The zero-order chi connectivity index (χ0) is 24.0. The van der Waals surface area contributed by atoms with E-state index in [0.29, 0.717) is 11.3 Å². The van der Waals surface area contributed by atoms with Gasteiger partial charge in [0.25, 0.3) is 5.91 Å². The Hall–Kier alpha value is -2.29. The number of rotatable bonds is 4. The van der Waals surface area contributed by atoms with Gasteiger partial charge in [-0.15, -0.1) is 0 Å². The number of nitrogens with zero attached hydrogens (tertiary/aromatic N) is 2. The number of benzene rings is 1. The fourth-order valence-corrected chi connectivity index (χ4v) is 5.81. The largest absolute Gasteiger partial charge is 0.346 e. The van der Waals surface area contributed by atoms with Crippen molar-refractivity contribution in [1.82, 2.24) is 9.13 Å². The molecule has 0 amide bonds. The molecule has 2 heterocycles. The maximum absolute atomic E-state index is 13.5. The first kappa shape index (κ1) is 23.9. The Morgan fingerprint density at radius 2 is 1.64 bits per heavy atom. The molecular weight excluding hydrogens is 404 g/mol. The van der Waals surface area contributed by atoms with E-state index in [2.05, 4.69) is 78.1 Å². The predicted octanol–water partition coefficient (Wildman–Crippen LogP) is 7.97. The minimum atomic E-state index is 0.0590. The van der Waals surface area contributed by atoms with Crippen LogP contribution in [0.15, 0.2) is 42.7 Å². The number of carbonyl (C=O) groups excluding carboxylic acids is 1. The second-order valence-corrected chi connectivity index (χ2v) is 12.9. The number of aryl methyl sites for hydroxylation is 1. The van der Waals surface area contributed by atoms with Crippen molar-refractivity contribution in [2.24, 2.45) is 23.8 Å². The zero-order valence-electron chi connectivity index (χ0n) is 21.7. The average Bonchev–Trinajstić information content (AvgIpc) is 3.29. The van der Waals surface area contributed by atoms with Crippen LogP contribution in [-0.2, 0) is 13.5 Å². The van der Waals surface area contributed by atoms with Crippen LogP contribution in [0.2, 0.25) is 0 Å². The highest BCUT2D eigenvalue weighted by atomic mass is 16.2. The normalized spacial score (nSPS) is 19.8. The van der Waals surface area contributed by atoms with E-state index in [-0.39, 0.29) is 11.3 Å². The maximum atomic E-state index is 13.5. The van der Waals surface area contributed by atoms with Gasteiger partial charge in [-0.3, -0.25) is 9.36 Å². The van der Waals surface area contributed by atoms with Crippen LogP contribution < -0.4 is 0 Å². The van der Waals surface area contributed by atoms with Gasteiger partial charge in [0, 0.05) is 24.8 Å². The predicted molar refractivity (Wildman–Crippen MR) is 139 cm³/mol. The van der Waals surface area contributed by atoms with E-state index < -0.39 is 0 Å². The van der Waals surface area contributed by atoms with Crippen molar-refractivity contribution < 1.29 is 4.79 Å². The SMILES string of the molecule is Cn1cc(C2CCC(CC(C)(C)C)CC2)cc1C(=O)n1ccc2cc(CC(C)(C)C)ccc21. The number of hydrogen-bond acceptors (Lipinski definition) is 1. The van der Waals surface area contributed by atoms with Crippen LogP contribution in [0.4, 0.5) is 0 Å². The van der Waals surface area contributed by atoms with Crippen molar-refractivity contribution in [3.05, 3.63) is 59.5 Å². The van der Waals surface area contributed by atoms with Gasteiger partial charge in [-0.1, -0.05) is 47.6 Å². The van der Waals surface area contributed by atoms with Crippen LogP contribution in [0.3, 0.4) is 0 Å². The molecule has 4 rings (SSSR count). The summed E-state index contributed by atoms with van der Waals surface area (Å²) in [4.78, 5) is 13.5. The molecule has 1 saturated carbocycles. The molecule has 2 aromatic heterocycles. The van der Waals surface area contributed by atoms with Crippen LogP contribution in [0, 0.1) is 16.7 Å². The monoisotopic (exact) mass is 446 g/mol. The first-order valence-electron chi connectivity index (χ1n) is 12.7. The van der Waals surface area contributed by atoms with Crippen LogP contribution in [0.25, 0.3) is 10.9 Å². The Morgan fingerprint density at radius 1 is 0.939 bits per heavy atom. The summed E-state index contributed by atoms with van der Waals surface area (Å²) in [6.45, 7) is 13.8. The summed E-state index contributed by atoms with van der Waals surface area (Å²) in [7, 11) is 2.01. The first-order chi connectivity index (χ1) is 15.4. The van der Waals surface area contributed by atoms with Crippen molar-refractivity contribution in [3.63, 3.8) is 0 Å². The molecule has 0 radical (unpaired) electrons. The molecule has 1 fully saturated rings. The molecule has 33 heavy (non-hydrogen) atoms. The number of carbonyl (C=O) groups is 1. The van der Waals surface area contributed by atoms with Crippen LogP contribution in [0.5, 0.6) is 0 Å². The standard InChI is InChI=1S/C30H42N2O/c1-29(2,3)18-21-8-11-23(12-9-21)25-17-27(31(7)20-25)28(33)32-15-14-24-16-22(10-13-26(24)32)19-30(4,5)6/h10,13-17,20-21,23H,8-9,11-12,18-19H2,1-7H3. The summed E-state index contributed by atoms with van der Waals surface area (Å²) in [5.74, 6) is 1.49. The lowest BCUT2D eigenvalue weighted by Gasteiger charge is -2.32. The van der Waals surface area contributed by atoms with Gasteiger partial charge >= 0.3 is 0 Å². The third-order valence-corrected chi connectivity index (χ3v) is 7.17. The summed E-state index contributed by atoms with van der Waals surface area (Å²) < 4.78 is 3.84. The molecule has 1 aliphatic rings. The molecule has 178 valence electrons. The highest BCUT2D eigenvalue weighted by molar-refractivity contribution is 6.01. The number of fused-ring (bicyclic) bond motifs is 1. The van der Waals surface area contributed by atoms with E-state index in [1.165, 1.54) is 43.2 Å². The highest BCUT2D eigenvalue weighted by Gasteiger charge is 2.27. The summed E-state index contributed by atoms with van der Waals surface area (Å²) in [6, 6.07) is 10.7. The van der Waals surface area contributed by atoms with Gasteiger partial charge in [-0.05, 0) is 96.6 Å². The quantitative estimate of drug-likeness (QED) is 0.399. The van der Waals surface area contributed by atoms with Gasteiger partial charge in [0.1, 0.15) is 5.69 Å². The lowest BCUT2D eigenvalue weighted by molar-refractivity contribution is 0.0957. The molecule has 1 aromatic carbocycles. The van der Waals surface area contributed by atoms with E-state index in [0.717, 1.165) is 28.9 Å². The zero-order valence-corrected chi connectivity index (χ0v) is 21.7.